The number of ether oxygens (including phenoxy) is 1. The number of nitrogens with one attached hydrogen (secondary N) is 1. The molecule has 0 saturated carbocycles. The minimum absolute atomic E-state index is 0.105. The lowest BCUT2D eigenvalue weighted by atomic mass is 10.2. The Balaban J connectivity index is 1.60. The summed E-state index contributed by atoms with van der Waals surface area (Å²) in [5, 5.41) is 10.1. The Labute approximate surface area is 163 Å². The SMILES string of the molecule is O=C(Nc1nn(Cc2ccc(OC(F)F)cc2)c2ccccc12)c1cccs1. The summed E-state index contributed by atoms with van der Waals surface area (Å²) in [7, 11) is 0. The molecule has 0 unspecified atom stereocenters. The second-order valence-electron chi connectivity index (χ2n) is 5.98. The number of fused-ring (bicyclic) bond motifs is 1. The summed E-state index contributed by atoms with van der Waals surface area (Å²) in [4.78, 5) is 13.0. The molecular weight excluding hydrogens is 384 g/mol. The summed E-state index contributed by atoms with van der Waals surface area (Å²) >= 11 is 1.36. The van der Waals surface area contributed by atoms with Gasteiger partial charge in [-0.05, 0) is 41.3 Å². The number of benzene rings is 2. The fourth-order valence-corrected chi connectivity index (χ4v) is 3.49. The van der Waals surface area contributed by atoms with Crippen LogP contribution in [0.1, 0.15) is 15.2 Å². The monoisotopic (exact) mass is 399 g/mol. The van der Waals surface area contributed by atoms with Gasteiger partial charge in [-0.3, -0.25) is 9.48 Å². The molecule has 0 saturated heterocycles. The molecule has 4 aromatic rings. The van der Waals surface area contributed by atoms with Crippen molar-refractivity contribution in [1.29, 1.82) is 0 Å². The van der Waals surface area contributed by atoms with Crippen molar-refractivity contribution < 1.29 is 18.3 Å². The molecule has 4 rings (SSSR count). The molecule has 0 radical (unpaired) electrons. The Morgan fingerprint density at radius 1 is 1.11 bits per heavy atom. The molecule has 2 aromatic heterocycles. The fourth-order valence-electron chi connectivity index (χ4n) is 2.87. The van der Waals surface area contributed by atoms with Crippen molar-refractivity contribution in [3.8, 4) is 5.75 Å². The molecule has 8 heteroatoms. The molecule has 28 heavy (non-hydrogen) atoms. The van der Waals surface area contributed by atoms with Crippen LogP contribution in [0.15, 0.2) is 66.0 Å². The molecule has 2 aromatic carbocycles. The van der Waals surface area contributed by atoms with Crippen LogP contribution in [0, 0.1) is 0 Å². The predicted molar refractivity (Wildman–Crippen MR) is 104 cm³/mol. The Morgan fingerprint density at radius 3 is 2.61 bits per heavy atom. The second-order valence-corrected chi connectivity index (χ2v) is 6.92. The summed E-state index contributed by atoms with van der Waals surface area (Å²) in [5.74, 6) is 0.374. The van der Waals surface area contributed by atoms with Crippen LogP contribution in [0.4, 0.5) is 14.6 Å². The highest BCUT2D eigenvalue weighted by molar-refractivity contribution is 7.12. The fraction of sp³-hybridized carbons (Fsp3) is 0.100. The van der Waals surface area contributed by atoms with Crippen LogP contribution in [0.5, 0.6) is 5.75 Å². The minimum atomic E-state index is -2.85. The largest absolute Gasteiger partial charge is 0.435 e. The highest BCUT2D eigenvalue weighted by Gasteiger charge is 2.15. The smallest absolute Gasteiger partial charge is 0.387 e. The van der Waals surface area contributed by atoms with Crippen LogP contribution in [0.25, 0.3) is 10.9 Å². The molecule has 5 nitrogen and oxygen atoms in total. The third-order valence-corrected chi connectivity index (χ3v) is 4.98. The number of aromatic nitrogens is 2. The van der Waals surface area contributed by atoms with E-state index in [9.17, 15) is 13.6 Å². The van der Waals surface area contributed by atoms with Gasteiger partial charge in [0.25, 0.3) is 5.91 Å². The summed E-state index contributed by atoms with van der Waals surface area (Å²) in [6.45, 7) is -2.43. The zero-order chi connectivity index (χ0) is 19.5. The van der Waals surface area contributed by atoms with E-state index >= 15 is 0 Å². The highest BCUT2D eigenvalue weighted by atomic mass is 32.1. The highest BCUT2D eigenvalue weighted by Crippen LogP contribution is 2.25. The number of carbonyl (C=O) groups excluding carboxylic acids is 1. The molecule has 0 spiro atoms. The van der Waals surface area contributed by atoms with Crippen molar-refractivity contribution >= 4 is 34.0 Å². The molecule has 0 atom stereocenters. The van der Waals surface area contributed by atoms with Gasteiger partial charge in [-0.2, -0.15) is 13.9 Å². The Hall–Kier alpha value is -3.26. The molecule has 1 N–H and O–H groups in total. The Bertz CT molecular complexity index is 1090. The van der Waals surface area contributed by atoms with Crippen molar-refractivity contribution in [2.75, 3.05) is 5.32 Å². The third-order valence-electron chi connectivity index (χ3n) is 4.12. The van der Waals surface area contributed by atoms with Crippen LogP contribution >= 0.6 is 11.3 Å². The van der Waals surface area contributed by atoms with E-state index in [1.807, 2.05) is 35.7 Å². The number of alkyl halides is 2. The predicted octanol–water partition coefficient (Wildman–Crippen LogP) is 5.00. The van der Waals surface area contributed by atoms with Gasteiger partial charge in [0, 0.05) is 5.39 Å². The topological polar surface area (TPSA) is 56.2 Å². The molecule has 142 valence electrons. The van der Waals surface area contributed by atoms with Crippen molar-refractivity contribution in [1.82, 2.24) is 9.78 Å². The summed E-state index contributed by atoms with van der Waals surface area (Å²) in [6, 6.07) is 17.5. The Morgan fingerprint density at radius 2 is 1.89 bits per heavy atom. The van der Waals surface area contributed by atoms with E-state index in [0.29, 0.717) is 17.2 Å². The third kappa shape index (κ3) is 3.86. The van der Waals surface area contributed by atoms with Crippen molar-refractivity contribution in [3.05, 3.63) is 76.5 Å². The summed E-state index contributed by atoms with van der Waals surface area (Å²) < 4.78 is 30.7. The number of halogens is 2. The minimum Gasteiger partial charge on any atom is -0.435 e. The van der Waals surface area contributed by atoms with Crippen LogP contribution in [0.3, 0.4) is 0 Å². The maximum atomic E-state index is 12.4. The molecule has 2 heterocycles. The van der Waals surface area contributed by atoms with E-state index in [1.165, 1.54) is 23.5 Å². The molecular formula is C20H15F2N3O2S. The second kappa shape index (κ2) is 7.77. The molecule has 0 aliphatic carbocycles. The number of thiophene rings is 1. The number of rotatable bonds is 6. The van der Waals surface area contributed by atoms with E-state index < -0.39 is 6.61 Å². The van der Waals surface area contributed by atoms with Crippen LogP contribution in [-0.2, 0) is 6.54 Å². The molecule has 0 aliphatic rings. The quantitative estimate of drug-likeness (QED) is 0.496. The van der Waals surface area contributed by atoms with Crippen molar-refractivity contribution in [2.24, 2.45) is 0 Å². The number of nitrogens with zero attached hydrogens (tertiary/aromatic N) is 2. The molecule has 1 amide bonds. The number of amides is 1. The molecule has 0 aliphatic heterocycles. The number of para-hydroxylation sites is 1. The standard InChI is InChI=1S/C20H15F2N3O2S/c21-20(22)27-14-9-7-13(8-10-14)12-25-16-5-2-1-4-15(16)18(24-25)23-19(26)17-6-3-11-28-17/h1-11,20H,12H2,(H,23,24,26). The average Bonchev–Trinajstić information content (AvgIpc) is 3.33. The van der Waals surface area contributed by atoms with Gasteiger partial charge in [0.1, 0.15) is 5.75 Å². The lowest BCUT2D eigenvalue weighted by Crippen LogP contribution is -2.11. The van der Waals surface area contributed by atoms with E-state index in [1.54, 1.807) is 22.9 Å². The van der Waals surface area contributed by atoms with Crippen molar-refractivity contribution in [3.63, 3.8) is 0 Å². The first-order valence-electron chi connectivity index (χ1n) is 8.44. The maximum absolute atomic E-state index is 12.4. The summed E-state index contributed by atoms with van der Waals surface area (Å²) in [5.41, 5.74) is 1.72. The number of carbonyl (C=O) groups is 1. The van der Waals surface area contributed by atoms with E-state index in [4.69, 9.17) is 0 Å². The number of hydrogen-bond donors (Lipinski definition) is 1. The van der Waals surface area contributed by atoms with Gasteiger partial charge in [0.2, 0.25) is 0 Å². The number of hydrogen-bond acceptors (Lipinski definition) is 4. The zero-order valence-corrected chi connectivity index (χ0v) is 15.3. The number of anilines is 1. The Kier molecular flexibility index (Phi) is 5.03. The molecule has 0 bridgehead atoms. The maximum Gasteiger partial charge on any atom is 0.387 e. The van der Waals surface area contributed by atoms with Gasteiger partial charge >= 0.3 is 6.61 Å². The molecule has 0 fully saturated rings. The van der Waals surface area contributed by atoms with Gasteiger partial charge in [0.15, 0.2) is 5.82 Å². The average molecular weight is 399 g/mol. The van der Waals surface area contributed by atoms with Crippen LogP contribution in [0.2, 0.25) is 0 Å². The lowest BCUT2D eigenvalue weighted by Gasteiger charge is -2.07. The van der Waals surface area contributed by atoms with Gasteiger partial charge in [-0.15, -0.1) is 11.3 Å². The first-order chi connectivity index (χ1) is 13.6. The lowest BCUT2D eigenvalue weighted by molar-refractivity contribution is -0.0498. The van der Waals surface area contributed by atoms with Crippen LogP contribution < -0.4 is 10.1 Å². The van der Waals surface area contributed by atoms with E-state index in [2.05, 4.69) is 15.2 Å². The normalized spacial score (nSPS) is 11.1. The van der Waals surface area contributed by atoms with Gasteiger partial charge in [-0.1, -0.05) is 30.3 Å². The van der Waals surface area contributed by atoms with Gasteiger partial charge in [-0.25, -0.2) is 0 Å². The van der Waals surface area contributed by atoms with E-state index in [0.717, 1.165) is 16.5 Å². The van der Waals surface area contributed by atoms with E-state index in [-0.39, 0.29) is 11.7 Å². The van der Waals surface area contributed by atoms with Gasteiger partial charge < -0.3 is 10.1 Å². The first-order valence-corrected chi connectivity index (χ1v) is 9.32. The van der Waals surface area contributed by atoms with Crippen LogP contribution in [-0.4, -0.2) is 22.3 Å². The summed E-state index contributed by atoms with van der Waals surface area (Å²) in [6.07, 6.45) is 0. The van der Waals surface area contributed by atoms with Crippen molar-refractivity contribution in [2.45, 2.75) is 13.2 Å². The van der Waals surface area contributed by atoms with Gasteiger partial charge in [0.05, 0.1) is 16.9 Å². The zero-order valence-electron chi connectivity index (χ0n) is 14.5. The first kappa shape index (κ1) is 18.1.